The lowest BCUT2D eigenvalue weighted by Gasteiger charge is -2.11. The molecule has 0 aromatic heterocycles. The monoisotopic (exact) mass is 417 g/mol. The smallest absolute Gasteiger partial charge is 0.419 e. The van der Waals surface area contributed by atoms with E-state index in [1.165, 1.54) is 0 Å². The van der Waals surface area contributed by atoms with Crippen molar-refractivity contribution in [2.45, 2.75) is 18.7 Å². The van der Waals surface area contributed by atoms with Gasteiger partial charge < -0.3 is 14.3 Å². The van der Waals surface area contributed by atoms with Gasteiger partial charge in [-0.15, -0.1) is 0 Å². The topological polar surface area (TPSA) is 40.0 Å². The second-order valence-corrected chi connectivity index (χ2v) is 6.51. The summed E-state index contributed by atoms with van der Waals surface area (Å²) in [5, 5.41) is 3.78. The first kappa shape index (κ1) is 19.8. The Kier molecular flexibility index (Phi) is 5.31. The van der Waals surface area contributed by atoms with E-state index in [0.717, 1.165) is 11.6 Å². The quantitative estimate of drug-likeness (QED) is 0.456. The first-order valence-electron chi connectivity index (χ1n) is 8.98. The number of nitrogens with zero attached hydrogens (tertiary/aromatic N) is 1. The van der Waals surface area contributed by atoms with E-state index in [1.54, 1.807) is 24.3 Å². The van der Waals surface area contributed by atoms with Crippen LogP contribution in [-0.2, 0) is 11.0 Å². The zero-order chi connectivity index (χ0) is 21.1. The Morgan fingerprint density at radius 2 is 1.50 bits per heavy atom. The average Bonchev–Trinajstić information content (AvgIpc) is 3.18. The average molecular weight is 417 g/mol. The molecule has 0 unspecified atom stereocenters. The van der Waals surface area contributed by atoms with Gasteiger partial charge in [-0.05, 0) is 48.0 Å². The zero-order valence-corrected chi connectivity index (χ0v) is 15.4. The van der Waals surface area contributed by atoms with Crippen molar-refractivity contribution < 1.29 is 31.9 Å². The van der Waals surface area contributed by atoms with Crippen molar-refractivity contribution in [1.29, 1.82) is 0 Å². The molecule has 0 fully saturated rings. The molecule has 3 aromatic rings. The normalized spacial score (nSPS) is 16.0. The second kappa shape index (κ2) is 8.06. The Hall–Kier alpha value is -3.55. The lowest BCUT2D eigenvalue weighted by atomic mass is 10.1. The molecule has 3 aromatic carbocycles. The first-order chi connectivity index (χ1) is 14.4. The van der Waals surface area contributed by atoms with E-state index in [4.69, 9.17) is 14.3 Å². The minimum absolute atomic E-state index is 0.101. The summed E-state index contributed by atoms with van der Waals surface area (Å²) in [5.74, 6) is -0.0805. The minimum atomic E-state index is -4.82. The molecule has 154 valence electrons. The van der Waals surface area contributed by atoms with Crippen molar-refractivity contribution in [2.24, 2.45) is 5.16 Å². The number of halogens is 4. The van der Waals surface area contributed by atoms with Crippen LogP contribution in [-0.4, -0.2) is 5.90 Å². The number of rotatable bonds is 4. The van der Waals surface area contributed by atoms with Crippen LogP contribution in [0.1, 0.15) is 23.7 Å². The summed E-state index contributed by atoms with van der Waals surface area (Å²) >= 11 is 0. The Balaban J connectivity index is 1.39. The van der Waals surface area contributed by atoms with E-state index >= 15 is 0 Å². The number of hydrogen-bond donors (Lipinski definition) is 0. The lowest BCUT2D eigenvalue weighted by molar-refractivity contribution is -0.140. The molecule has 30 heavy (non-hydrogen) atoms. The lowest BCUT2D eigenvalue weighted by Crippen LogP contribution is -2.11. The largest absolute Gasteiger partial charge is 0.457 e. The molecule has 1 aliphatic rings. The molecule has 0 aliphatic carbocycles. The van der Waals surface area contributed by atoms with Crippen LogP contribution in [0.15, 0.2) is 78.0 Å². The van der Waals surface area contributed by atoms with Gasteiger partial charge in [0.05, 0.1) is 12.0 Å². The molecule has 8 heteroatoms. The highest BCUT2D eigenvalue weighted by Gasteiger charge is 2.35. The Bertz CT molecular complexity index is 1050. The molecule has 0 bridgehead atoms. The zero-order valence-electron chi connectivity index (χ0n) is 15.4. The third-order valence-corrected chi connectivity index (χ3v) is 4.35. The van der Waals surface area contributed by atoms with Gasteiger partial charge in [0, 0.05) is 0 Å². The fourth-order valence-electron chi connectivity index (χ4n) is 2.89. The van der Waals surface area contributed by atoms with Gasteiger partial charge in [-0.2, -0.15) is 13.2 Å². The highest BCUT2D eigenvalue weighted by molar-refractivity contribution is 5.80. The van der Waals surface area contributed by atoms with Gasteiger partial charge in [-0.1, -0.05) is 35.5 Å². The summed E-state index contributed by atoms with van der Waals surface area (Å²) in [7, 11) is 0. The van der Waals surface area contributed by atoms with Gasteiger partial charge in [0.25, 0.3) is 0 Å². The molecule has 0 N–H and O–H groups in total. The summed E-state index contributed by atoms with van der Waals surface area (Å²) in [6.07, 6.45) is -5.05. The third-order valence-electron chi connectivity index (χ3n) is 4.35. The predicted molar refractivity (Wildman–Crippen MR) is 101 cm³/mol. The molecule has 1 aliphatic heterocycles. The molecule has 0 spiro atoms. The van der Waals surface area contributed by atoms with Crippen LogP contribution >= 0.6 is 0 Å². The standard InChI is InChI=1S/C22H15F4NO3/c23-19-11-10-17(12-18(19)22(24,25)26)29-21-13-20(30-27-21)14-6-8-16(9-7-14)28-15-4-2-1-3-5-15/h1-12,20H,13H2/t20-/m0/s1. The van der Waals surface area contributed by atoms with Crippen LogP contribution in [0.2, 0.25) is 0 Å². The number of oxime groups is 1. The number of ether oxygens (including phenoxy) is 2. The van der Waals surface area contributed by atoms with Crippen LogP contribution in [0.25, 0.3) is 0 Å². The number of hydrogen-bond acceptors (Lipinski definition) is 4. The van der Waals surface area contributed by atoms with Crippen molar-refractivity contribution in [2.75, 3.05) is 0 Å². The van der Waals surface area contributed by atoms with E-state index < -0.39 is 23.7 Å². The van der Waals surface area contributed by atoms with Gasteiger partial charge >= 0.3 is 6.18 Å². The van der Waals surface area contributed by atoms with Gasteiger partial charge in [0.15, 0.2) is 6.10 Å². The predicted octanol–water partition coefficient (Wildman–Crippen LogP) is 6.49. The SMILES string of the molecule is Fc1ccc(OC2=NO[C@H](c3ccc(Oc4ccccc4)cc3)C2)cc1C(F)(F)F. The van der Waals surface area contributed by atoms with Crippen molar-refractivity contribution in [3.05, 3.63) is 89.7 Å². The molecule has 0 saturated carbocycles. The molecular weight excluding hydrogens is 402 g/mol. The Labute approximate surface area is 169 Å². The maximum atomic E-state index is 13.4. The molecule has 0 radical (unpaired) electrons. The number of alkyl halides is 3. The summed E-state index contributed by atoms with van der Waals surface area (Å²) in [5.41, 5.74) is -0.599. The second-order valence-electron chi connectivity index (χ2n) is 6.51. The van der Waals surface area contributed by atoms with Gasteiger partial charge in [0.2, 0.25) is 5.90 Å². The number of para-hydroxylation sites is 1. The molecule has 4 nitrogen and oxygen atoms in total. The molecular formula is C22H15F4NO3. The Morgan fingerprint density at radius 1 is 0.833 bits per heavy atom. The highest BCUT2D eigenvalue weighted by Crippen LogP contribution is 2.35. The van der Waals surface area contributed by atoms with Gasteiger partial charge in [0.1, 0.15) is 23.1 Å². The summed E-state index contributed by atoms with van der Waals surface area (Å²) in [6.45, 7) is 0. The Morgan fingerprint density at radius 3 is 2.20 bits per heavy atom. The van der Waals surface area contributed by atoms with E-state index in [-0.39, 0.29) is 18.1 Å². The molecule has 4 rings (SSSR count). The van der Waals surface area contributed by atoms with Crippen LogP contribution < -0.4 is 9.47 Å². The van der Waals surface area contributed by atoms with Crippen LogP contribution in [0, 0.1) is 5.82 Å². The number of benzene rings is 3. The summed E-state index contributed by atoms with van der Waals surface area (Å²) < 4.78 is 63.0. The fraction of sp³-hybridized carbons (Fsp3) is 0.136. The van der Waals surface area contributed by atoms with Crippen LogP contribution in [0.4, 0.5) is 17.6 Å². The van der Waals surface area contributed by atoms with Crippen molar-refractivity contribution in [1.82, 2.24) is 0 Å². The van der Waals surface area contributed by atoms with Crippen LogP contribution in [0.5, 0.6) is 17.2 Å². The van der Waals surface area contributed by atoms with Gasteiger partial charge in [-0.25, -0.2) is 4.39 Å². The minimum Gasteiger partial charge on any atom is -0.457 e. The maximum absolute atomic E-state index is 13.4. The fourth-order valence-corrected chi connectivity index (χ4v) is 2.89. The molecule has 0 amide bonds. The van der Waals surface area contributed by atoms with Crippen molar-refractivity contribution in [3.63, 3.8) is 0 Å². The maximum Gasteiger partial charge on any atom is 0.419 e. The van der Waals surface area contributed by atoms with E-state index in [2.05, 4.69) is 5.16 Å². The van der Waals surface area contributed by atoms with E-state index in [9.17, 15) is 17.6 Å². The summed E-state index contributed by atoms with van der Waals surface area (Å²) in [6, 6.07) is 18.9. The highest BCUT2D eigenvalue weighted by atomic mass is 19.4. The molecule has 1 heterocycles. The summed E-state index contributed by atoms with van der Waals surface area (Å²) in [4.78, 5) is 5.33. The first-order valence-corrected chi connectivity index (χ1v) is 8.98. The third kappa shape index (κ3) is 4.53. The van der Waals surface area contributed by atoms with Crippen molar-refractivity contribution >= 4 is 5.90 Å². The van der Waals surface area contributed by atoms with Crippen LogP contribution in [0.3, 0.4) is 0 Å². The van der Waals surface area contributed by atoms with Gasteiger partial charge in [-0.3, -0.25) is 0 Å². The molecule has 0 saturated heterocycles. The van der Waals surface area contributed by atoms with E-state index in [0.29, 0.717) is 23.6 Å². The molecule has 1 atom stereocenters. The van der Waals surface area contributed by atoms with E-state index in [1.807, 2.05) is 30.3 Å². The van der Waals surface area contributed by atoms with Crippen molar-refractivity contribution in [3.8, 4) is 17.2 Å².